The van der Waals surface area contributed by atoms with Crippen molar-refractivity contribution in [3.05, 3.63) is 62.6 Å². The molecule has 0 heterocycles. The third kappa shape index (κ3) is 4.61. The minimum absolute atomic E-state index is 0.0284. The fraction of sp³-hybridized carbons (Fsp3) is 0.0714. The Morgan fingerprint density at radius 2 is 1.77 bits per heavy atom. The van der Waals surface area contributed by atoms with Crippen molar-refractivity contribution in [1.82, 2.24) is 0 Å². The molecule has 0 atom stereocenters. The van der Waals surface area contributed by atoms with Crippen LogP contribution in [0, 0.1) is 10.1 Å². The molecule has 114 valence electrons. The van der Waals surface area contributed by atoms with Gasteiger partial charge < -0.3 is 10.6 Å². The molecule has 0 aliphatic rings. The first-order chi connectivity index (χ1) is 10.4. The number of amides is 1. The minimum Gasteiger partial charge on any atom is -0.376 e. The molecule has 0 aliphatic heterocycles. The summed E-state index contributed by atoms with van der Waals surface area (Å²) >= 11 is 11.7. The summed E-state index contributed by atoms with van der Waals surface area (Å²) in [5.74, 6) is -0.350. The fourth-order valence-corrected chi connectivity index (χ4v) is 2.27. The van der Waals surface area contributed by atoms with Crippen molar-refractivity contribution in [2.75, 3.05) is 17.2 Å². The van der Waals surface area contributed by atoms with Crippen molar-refractivity contribution in [3.63, 3.8) is 0 Å². The SMILES string of the molecule is O=C(CNc1cc(Cl)cc(Cl)c1)Nc1cccc([N+](=O)[O-])c1. The van der Waals surface area contributed by atoms with E-state index >= 15 is 0 Å². The van der Waals surface area contributed by atoms with Gasteiger partial charge in [0.25, 0.3) is 5.69 Å². The zero-order valence-corrected chi connectivity index (χ0v) is 12.7. The van der Waals surface area contributed by atoms with Crippen molar-refractivity contribution in [2.24, 2.45) is 0 Å². The number of nitro benzene ring substituents is 1. The summed E-state index contributed by atoms with van der Waals surface area (Å²) < 4.78 is 0. The third-order valence-corrected chi connectivity index (χ3v) is 3.09. The van der Waals surface area contributed by atoms with Crippen LogP contribution >= 0.6 is 23.2 Å². The topological polar surface area (TPSA) is 84.3 Å². The number of carbonyl (C=O) groups excluding carboxylic acids is 1. The van der Waals surface area contributed by atoms with Crippen LogP contribution in [-0.2, 0) is 4.79 Å². The number of benzene rings is 2. The molecule has 0 saturated carbocycles. The van der Waals surface area contributed by atoms with Gasteiger partial charge in [-0.1, -0.05) is 29.3 Å². The monoisotopic (exact) mass is 339 g/mol. The first kappa shape index (κ1) is 16.1. The Kier molecular flexibility index (Phi) is 5.19. The number of hydrogen-bond donors (Lipinski definition) is 2. The molecule has 0 bridgehead atoms. The van der Waals surface area contributed by atoms with Crippen LogP contribution in [0.25, 0.3) is 0 Å². The van der Waals surface area contributed by atoms with Gasteiger partial charge in [0.05, 0.1) is 11.5 Å². The molecule has 2 rings (SSSR count). The predicted octanol–water partition coefficient (Wildman–Crippen LogP) is 3.95. The van der Waals surface area contributed by atoms with Gasteiger partial charge in [-0.25, -0.2) is 0 Å². The lowest BCUT2D eigenvalue weighted by molar-refractivity contribution is -0.384. The van der Waals surface area contributed by atoms with Gasteiger partial charge in [-0.3, -0.25) is 14.9 Å². The summed E-state index contributed by atoms with van der Waals surface area (Å²) in [5.41, 5.74) is 0.865. The van der Waals surface area contributed by atoms with Gasteiger partial charge in [0.15, 0.2) is 0 Å². The first-order valence-electron chi connectivity index (χ1n) is 6.18. The van der Waals surface area contributed by atoms with Gasteiger partial charge in [-0.05, 0) is 24.3 Å². The number of non-ortho nitro benzene ring substituents is 1. The van der Waals surface area contributed by atoms with E-state index in [4.69, 9.17) is 23.2 Å². The smallest absolute Gasteiger partial charge is 0.271 e. The van der Waals surface area contributed by atoms with Gasteiger partial charge in [0.2, 0.25) is 5.91 Å². The molecule has 0 radical (unpaired) electrons. The Morgan fingerprint density at radius 1 is 1.09 bits per heavy atom. The molecular formula is C14H11Cl2N3O3. The summed E-state index contributed by atoms with van der Waals surface area (Å²) in [4.78, 5) is 22.0. The summed E-state index contributed by atoms with van der Waals surface area (Å²) in [5, 5.41) is 17.0. The van der Waals surface area contributed by atoms with Gasteiger partial charge in [-0.15, -0.1) is 0 Å². The van der Waals surface area contributed by atoms with Crippen LogP contribution in [0.15, 0.2) is 42.5 Å². The third-order valence-electron chi connectivity index (χ3n) is 2.66. The largest absolute Gasteiger partial charge is 0.376 e. The molecule has 1 amide bonds. The van der Waals surface area contributed by atoms with Crippen LogP contribution in [0.3, 0.4) is 0 Å². The van der Waals surface area contributed by atoms with Gasteiger partial charge in [0, 0.05) is 33.6 Å². The van der Waals surface area contributed by atoms with E-state index in [0.717, 1.165) is 0 Å². The lowest BCUT2D eigenvalue weighted by Gasteiger charge is -2.08. The molecule has 0 aliphatic carbocycles. The van der Waals surface area contributed by atoms with E-state index in [-0.39, 0.29) is 18.1 Å². The maximum absolute atomic E-state index is 11.8. The van der Waals surface area contributed by atoms with E-state index in [0.29, 0.717) is 21.4 Å². The number of halogens is 2. The van der Waals surface area contributed by atoms with E-state index in [1.165, 1.54) is 18.2 Å². The lowest BCUT2D eigenvalue weighted by Crippen LogP contribution is -2.21. The first-order valence-corrected chi connectivity index (χ1v) is 6.94. The fourth-order valence-electron chi connectivity index (χ4n) is 1.74. The van der Waals surface area contributed by atoms with E-state index < -0.39 is 4.92 Å². The zero-order chi connectivity index (χ0) is 16.1. The molecule has 2 N–H and O–H groups in total. The van der Waals surface area contributed by atoms with Gasteiger partial charge >= 0.3 is 0 Å². The maximum atomic E-state index is 11.8. The molecule has 22 heavy (non-hydrogen) atoms. The van der Waals surface area contributed by atoms with Crippen molar-refractivity contribution in [3.8, 4) is 0 Å². The van der Waals surface area contributed by atoms with Crippen LogP contribution in [0.1, 0.15) is 0 Å². The summed E-state index contributed by atoms with van der Waals surface area (Å²) in [7, 11) is 0. The highest BCUT2D eigenvalue weighted by atomic mass is 35.5. The number of carbonyl (C=O) groups is 1. The number of rotatable bonds is 5. The number of anilines is 2. The molecule has 8 heteroatoms. The van der Waals surface area contributed by atoms with Crippen molar-refractivity contribution in [1.29, 1.82) is 0 Å². The van der Waals surface area contributed by atoms with Crippen LogP contribution in [0.2, 0.25) is 10.0 Å². The Bertz CT molecular complexity index is 702. The van der Waals surface area contributed by atoms with Crippen LogP contribution in [-0.4, -0.2) is 17.4 Å². The standard InChI is InChI=1S/C14H11Cl2N3O3/c15-9-4-10(16)6-12(5-9)17-8-14(20)18-11-2-1-3-13(7-11)19(21)22/h1-7,17H,8H2,(H,18,20). The highest BCUT2D eigenvalue weighted by Gasteiger charge is 2.08. The Labute approximate surface area is 136 Å². The quantitative estimate of drug-likeness (QED) is 0.637. The summed E-state index contributed by atoms with van der Waals surface area (Å²) in [6.45, 7) is -0.0284. The number of nitrogens with zero attached hydrogens (tertiary/aromatic N) is 1. The van der Waals surface area contributed by atoms with Crippen molar-refractivity contribution in [2.45, 2.75) is 0 Å². The van der Waals surface area contributed by atoms with Crippen LogP contribution < -0.4 is 10.6 Å². The molecule has 0 unspecified atom stereocenters. The van der Waals surface area contributed by atoms with Crippen molar-refractivity contribution >= 4 is 46.2 Å². The molecule has 0 aromatic heterocycles. The lowest BCUT2D eigenvalue weighted by atomic mass is 10.3. The molecule has 6 nitrogen and oxygen atoms in total. The van der Waals surface area contributed by atoms with Crippen molar-refractivity contribution < 1.29 is 9.72 Å². The van der Waals surface area contributed by atoms with E-state index in [1.807, 2.05) is 0 Å². The predicted molar refractivity (Wildman–Crippen MR) is 86.7 cm³/mol. The Hall–Kier alpha value is -2.31. The van der Waals surface area contributed by atoms with E-state index in [1.54, 1.807) is 24.3 Å². The molecule has 0 spiro atoms. The number of nitro groups is 1. The second kappa shape index (κ2) is 7.11. The Balaban J connectivity index is 1.95. The molecular weight excluding hydrogens is 329 g/mol. The Morgan fingerprint density at radius 3 is 2.41 bits per heavy atom. The summed E-state index contributed by atoms with van der Waals surface area (Å²) in [6.07, 6.45) is 0. The normalized spacial score (nSPS) is 10.1. The van der Waals surface area contributed by atoms with E-state index in [2.05, 4.69) is 10.6 Å². The maximum Gasteiger partial charge on any atom is 0.271 e. The van der Waals surface area contributed by atoms with Crippen LogP contribution in [0.4, 0.5) is 17.1 Å². The van der Waals surface area contributed by atoms with Gasteiger partial charge in [0.1, 0.15) is 0 Å². The van der Waals surface area contributed by atoms with Gasteiger partial charge in [-0.2, -0.15) is 0 Å². The highest BCUT2D eigenvalue weighted by Crippen LogP contribution is 2.22. The average molecular weight is 340 g/mol. The van der Waals surface area contributed by atoms with Crippen LogP contribution in [0.5, 0.6) is 0 Å². The molecule has 0 saturated heterocycles. The second-order valence-corrected chi connectivity index (χ2v) is 5.24. The molecule has 0 fully saturated rings. The number of nitrogens with one attached hydrogen (secondary N) is 2. The molecule has 2 aromatic rings. The highest BCUT2D eigenvalue weighted by molar-refractivity contribution is 6.35. The number of hydrogen-bond acceptors (Lipinski definition) is 4. The second-order valence-electron chi connectivity index (χ2n) is 4.37. The van der Waals surface area contributed by atoms with E-state index in [9.17, 15) is 14.9 Å². The minimum atomic E-state index is -0.526. The zero-order valence-electron chi connectivity index (χ0n) is 11.2. The average Bonchev–Trinajstić information content (AvgIpc) is 2.44. The summed E-state index contributed by atoms with van der Waals surface area (Å²) in [6, 6.07) is 10.6. The molecule has 2 aromatic carbocycles.